The van der Waals surface area contributed by atoms with E-state index in [0.29, 0.717) is 27.8 Å². The summed E-state index contributed by atoms with van der Waals surface area (Å²) in [6, 6.07) is 12.3. The number of nitro benzene ring substituents is 1. The second-order valence-electron chi connectivity index (χ2n) is 6.37. The number of fused-ring (bicyclic) bond motifs is 1. The van der Waals surface area contributed by atoms with Gasteiger partial charge in [-0.25, -0.2) is 4.79 Å². The number of H-pyrrole nitrogens is 1. The zero-order chi connectivity index (χ0) is 21.0. The number of aromatic nitrogens is 1. The molecule has 0 fully saturated rings. The second kappa shape index (κ2) is 8.78. The van der Waals surface area contributed by atoms with Crippen LogP contribution in [0.25, 0.3) is 22.0 Å². The van der Waals surface area contributed by atoms with Crippen LogP contribution in [0.4, 0.5) is 5.69 Å². The number of carbonyl (C=O) groups is 2. The fourth-order valence-electron chi connectivity index (χ4n) is 3.09. The molecule has 1 unspecified atom stereocenters. The fraction of sp³-hybridized carbons (Fsp3) is 0.200. The first-order chi connectivity index (χ1) is 13.9. The number of hydrogen-bond donors (Lipinski definition) is 3. The van der Waals surface area contributed by atoms with E-state index in [1.165, 1.54) is 23.9 Å². The first kappa shape index (κ1) is 20.4. The Hall–Kier alpha value is -3.33. The maximum absolute atomic E-state index is 13.0. The number of nitrogens with one attached hydrogen (secondary N) is 2. The van der Waals surface area contributed by atoms with Crippen molar-refractivity contribution in [2.75, 3.05) is 12.0 Å². The molecule has 1 aromatic heterocycles. The van der Waals surface area contributed by atoms with Gasteiger partial charge in [-0.1, -0.05) is 30.3 Å². The summed E-state index contributed by atoms with van der Waals surface area (Å²) < 4.78 is 0. The molecule has 150 valence electrons. The molecule has 3 aromatic rings. The number of amides is 1. The highest BCUT2D eigenvalue weighted by Crippen LogP contribution is 2.34. The van der Waals surface area contributed by atoms with E-state index in [4.69, 9.17) is 0 Å². The lowest BCUT2D eigenvalue weighted by molar-refractivity contribution is -0.384. The van der Waals surface area contributed by atoms with Crippen LogP contribution < -0.4 is 5.32 Å². The molecule has 0 aliphatic rings. The SMILES string of the molecule is CSCCC(NC(=O)c1[nH]c2ccc([N+](=O)[O-])cc2c1-c1ccccc1)C(=O)O. The number of rotatable bonds is 8. The maximum atomic E-state index is 13.0. The molecule has 1 amide bonds. The number of aromatic amines is 1. The number of thioether (sulfide) groups is 1. The smallest absolute Gasteiger partial charge is 0.326 e. The molecule has 1 atom stereocenters. The minimum Gasteiger partial charge on any atom is -0.480 e. The third kappa shape index (κ3) is 4.40. The summed E-state index contributed by atoms with van der Waals surface area (Å²) in [5.74, 6) is -1.10. The zero-order valence-electron chi connectivity index (χ0n) is 15.5. The van der Waals surface area contributed by atoms with E-state index in [-0.39, 0.29) is 17.8 Å². The van der Waals surface area contributed by atoms with Crippen LogP contribution in [0.5, 0.6) is 0 Å². The van der Waals surface area contributed by atoms with Crippen molar-refractivity contribution in [3.63, 3.8) is 0 Å². The van der Waals surface area contributed by atoms with E-state index in [9.17, 15) is 24.8 Å². The van der Waals surface area contributed by atoms with E-state index in [2.05, 4.69) is 10.3 Å². The van der Waals surface area contributed by atoms with Crippen LogP contribution in [0.3, 0.4) is 0 Å². The first-order valence-electron chi connectivity index (χ1n) is 8.80. The average molecular weight is 413 g/mol. The van der Waals surface area contributed by atoms with Gasteiger partial charge in [0.15, 0.2) is 0 Å². The monoisotopic (exact) mass is 413 g/mol. The van der Waals surface area contributed by atoms with Gasteiger partial charge in [0, 0.05) is 28.6 Å². The Balaban J connectivity index is 2.10. The van der Waals surface area contributed by atoms with Gasteiger partial charge in [-0.2, -0.15) is 11.8 Å². The molecule has 0 bridgehead atoms. The molecule has 0 radical (unpaired) electrons. The Morgan fingerprint density at radius 3 is 2.59 bits per heavy atom. The van der Waals surface area contributed by atoms with Gasteiger partial charge in [-0.3, -0.25) is 14.9 Å². The van der Waals surface area contributed by atoms with Crippen LogP contribution in [0.1, 0.15) is 16.9 Å². The molecule has 3 N–H and O–H groups in total. The Bertz CT molecular complexity index is 1060. The minimum absolute atomic E-state index is 0.0935. The molecule has 1 heterocycles. The van der Waals surface area contributed by atoms with Crippen molar-refractivity contribution in [1.82, 2.24) is 10.3 Å². The van der Waals surface area contributed by atoms with Crippen LogP contribution in [0.15, 0.2) is 48.5 Å². The maximum Gasteiger partial charge on any atom is 0.326 e. The van der Waals surface area contributed by atoms with Crippen molar-refractivity contribution in [3.8, 4) is 11.1 Å². The number of aliphatic carboxylic acids is 1. The summed E-state index contributed by atoms with van der Waals surface area (Å²) in [5, 5.41) is 23.7. The van der Waals surface area contributed by atoms with E-state index < -0.39 is 22.8 Å². The molecule has 3 rings (SSSR count). The first-order valence-corrected chi connectivity index (χ1v) is 10.2. The topological polar surface area (TPSA) is 125 Å². The lowest BCUT2D eigenvalue weighted by atomic mass is 10.0. The average Bonchev–Trinajstić information content (AvgIpc) is 3.10. The van der Waals surface area contributed by atoms with Gasteiger partial charge in [-0.15, -0.1) is 0 Å². The molecule has 0 saturated carbocycles. The van der Waals surface area contributed by atoms with Crippen LogP contribution in [-0.2, 0) is 4.79 Å². The van der Waals surface area contributed by atoms with Gasteiger partial charge in [0.25, 0.3) is 11.6 Å². The molecular weight excluding hydrogens is 394 g/mol. The molecule has 9 heteroatoms. The molecule has 0 aliphatic heterocycles. The van der Waals surface area contributed by atoms with Gasteiger partial charge in [0.2, 0.25) is 0 Å². The summed E-state index contributed by atoms with van der Waals surface area (Å²) in [4.78, 5) is 38.2. The quantitative estimate of drug-likeness (QED) is 0.382. The fourth-order valence-corrected chi connectivity index (χ4v) is 3.56. The van der Waals surface area contributed by atoms with Crippen molar-refractivity contribution in [3.05, 3.63) is 64.3 Å². The number of benzene rings is 2. The molecule has 2 aromatic carbocycles. The third-order valence-electron chi connectivity index (χ3n) is 4.50. The second-order valence-corrected chi connectivity index (χ2v) is 7.36. The normalized spacial score (nSPS) is 11.9. The van der Waals surface area contributed by atoms with Crippen molar-refractivity contribution < 1.29 is 19.6 Å². The summed E-state index contributed by atoms with van der Waals surface area (Å²) in [6.45, 7) is 0. The Labute approximate surface area is 170 Å². The summed E-state index contributed by atoms with van der Waals surface area (Å²) in [5.41, 5.74) is 1.82. The molecule has 0 saturated heterocycles. The van der Waals surface area contributed by atoms with Crippen molar-refractivity contribution in [1.29, 1.82) is 0 Å². The Morgan fingerprint density at radius 1 is 1.24 bits per heavy atom. The van der Waals surface area contributed by atoms with Crippen LogP contribution in [0.2, 0.25) is 0 Å². The van der Waals surface area contributed by atoms with Crippen molar-refractivity contribution >= 4 is 40.2 Å². The number of non-ortho nitro benzene ring substituents is 1. The summed E-state index contributed by atoms with van der Waals surface area (Å²) >= 11 is 1.49. The molecular formula is C20H19N3O5S. The third-order valence-corrected chi connectivity index (χ3v) is 5.14. The van der Waals surface area contributed by atoms with Gasteiger partial charge < -0.3 is 15.4 Å². The van der Waals surface area contributed by atoms with Gasteiger partial charge in [0.05, 0.1) is 4.92 Å². The van der Waals surface area contributed by atoms with Crippen LogP contribution in [-0.4, -0.2) is 44.9 Å². The molecule has 8 nitrogen and oxygen atoms in total. The lowest BCUT2D eigenvalue weighted by Gasteiger charge is -2.14. The number of nitro groups is 1. The van der Waals surface area contributed by atoms with Gasteiger partial charge in [0.1, 0.15) is 11.7 Å². The largest absolute Gasteiger partial charge is 0.480 e. The van der Waals surface area contributed by atoms with Gasteiger partial charge in [-0.05, 0) is 30.1 Å². The summed E-state index contributed by atoms with van der Waals surface area (Å²) in [7, 11) is 0. The van der Waals surface area contributed by atoms with Crippen molar-refractivity contribution in [2.24, 2.45) is 0 Å². The predicted octanol–water partition coefficient (Wildman–Crippen LogP) is 3.68. The zero-order valence-corrected chi connectivity index (χ0v) is 16.4. The summed E-state index contributed by atoms with van der Waals surface area (Å²) in [6.07, 6.45) is 2.15. The number of nitrogens with zero attached hydrogens (tertiary/aromatic N) is 1. The minimum atomic E-state index is -1.11. The Kier molecular flexibility index (Phi) is 6.18. The lowest BCUT2D eigenvalue weighted by Crippen LogP contribution is -2.41. The molecule has 0 spiro atoms. The van der Waals surface area contributed by atoms with E-state index in [1.54, 1.807) is 30.3 Å². The number of hydrogen-bond acceptors (Lipinski definition) is 5. The highest BCUT2D eigenvalue weighted by Gasteiger charge is 2.25. The Morgan fingerprint density at radius 2 is 1.97 bits per heavy atom. The van der Waals surface area contributed by atoms with Crippen LogP contribution >= 0.6 is 11.8 Å². The highest BCUT2D eigenvalue weighted by molar-refractivity contribution is 7.98. The standard InChI is InChI=1S/C20H19N3O5S/c1-29-10-9-16(20(25)26)22-19(24)18-17(12-5-3-2-4-6-12)14-11-13(23(27)28)7-8-15(14)21-18/h2-8,11,16,21H,9-10H2,1H3,(H,22,24)(H,25,26). The van der Waals surface area contributed by atoms with Gasteiger partial charge >= 0.3 is 5.97 Å². The molecule has 29 heavy (non-hydrogen) atoms. The van der Waals surface area contributed by atoms with Crippen molar-refractivity contribution in [2.45, 2.75) is 12.5 Å². The molecule has 0 aliphatic carbocycles. The number of carboxylic acid groups (broad SMARTS) is 1. The van der Waals surface area contributed by atoms with Crippen LogP contribution in [0, 0.1) is 10.1 Å². The number of carboxylic acids is 1. The van der Waals surface area contributed by atoms with E-state index in [1.807, 2.05) is 12.3 Å². The highest BCUT2D eigenvalue weighted by atomic mass is 32.2. The predicted molar refractivity (Wildman–Crippen MR) is 112 cm³/mol. The van der Waals surface area contributed by atoms with E-state index >= 15 is 0 Å². The van der Waals surface area contributed by atoms with E-state index in [0.717, 1.165) is 0 Å². The number of carbonyl (C=O) groups excluding carboxylic acids is 1.